The summed E-state index contributed by atoms with van der Waals surface area (Å²) in [5, 5.41) is 5.28. The quantitative estimate of drug-likeness (QED) is 0.273. The normalized spacial score (nSPS) is 12.2. The minimum atomic E-state index is -0.858. The highest BCUT2D eigenvalue weighted by atomic mass is 16.6. The van der Waals surface area contributed by atoms with E-state index in [1.54, 1.807) is 65.8 Å². The predicted octanol–water partition coefficient (Wildman–Crippen LogP) is 3.57. The second kappa shape index (κ2) is 11.4. The zero-order valence-electron chi connectivity index (χ0n) is 18.4. The highest BCUT2D eigenvalue weighted by Gasteiger charge is 2.20. The van der Waals surface area contributed by atoms with Crippen molar-refractivity contribution >= 4 is 23.8 Å². The van der Waals surface area contributed by atoms with Crippen molar-refractivity contribution in [3.63, 3.8) is 0 Å². The van der Waals surface area contributed by atoms with Gasteiger partial charge in [-0.2, -0.15) is 0 Å². The van der Waals surface area contributed by atoms with Crippen molar-refractivity contribution in [2.24, 2.45) is 10.9 Å². The molecule has 4 N–H and O–H groups in total. The summed E-state index contributed by atoms with van der Waals surface area (Å²) in [6.07, 6.45) is -0.967. The number of guanidine groups is 1. The molecule has 0 atom stereocenters. The molecular weight excluding hydrogens is 392 g/mol. The number of carbonyl (C=O) groups is 2. The summed E-state index contributed by atoms with van der Waals surface area (Å²) in [6, 6.07) is 6.86. The molecule has 0 fully saturated rings. The van der Waals surface area contributed by atoms with Gasteiger partial charge in [0.1, 0.15) is 17.0 Å². The van der Waals surface area contributed by atoms with Crippen LogP contribution in [-0.2, 0) is 14.3 Å². The highest BCUT2D eigenvalue weighted by Crippen LogP contribution is 2.16. The third kappa shape index (κ3) is 11.9. The van der Waals surface area contributed by atoms with Crippen molar-refractivity contribution in [1.29, 1.82) is 0 Å². The zero-order chi connectivity index (χ0) is 22.8. The molecule has 0 heterocycles. The molecule has 2 amide bonds. The van der Waals surface area contributed by atoms with Crippen LogP contribution in [0, 0.1) is 0 Å². The Bertz CT molecular complexity index is 720. The molecule has 0 bridgehead atoms. The lowest BCUT2D eigenvalue weighted by atomic mass is 10.2. The van der Waals surface area contributed by atoms with Crippen molar-refractivity contribution in [3.05, 3.63) is 24.3 Å². The molecule has 10 heteroatoms. The molecule has 0 spiro atoms. The maximum atomic E-state index is 12.1. The number of hydrogen-bond donors (Lipinski definition) is 3. The molecular formula is C20H32N4O6. The van der Waals surface area contributed by atoms with Crippen LogP contribution in [0.25, 0.3) is 0 Å². The average Bonchev–Trinajstić information content (AvgIpc) is 2.56. The SMILES string of the molecule is CC(C)(C)OC(=O)/N=C(\NC(=O)OC(C)(C)C)Nc1ccc(OCCCON)cc1. The first-order valence-corrected chi connectivity index (χ1v) is 9.51. The van der Waals surface area contributed by atoms with Gasteiger partial charge in [-0.1, -0.05) is 0 Å². The number of carbonyl (C=O) groups excluding carboxylic acids is 2. The Kier molecular flexibility index (Phi) is 9.54. The van der Waals surface area contributed by atoms with Gasteiger partial charge in [-0.3, -0.25) is 5.32 Å². The lowest BCUT2D eigenvalue weighted by Gasteiger charge is -2.21. The van der Waals surface area contributed by atoms with Crippen LogP contribution in [0.3, 0.4) is 0 Å². The van der Waals surface area contributed by atoms with E-state index >= 15 is 0 Å². The van der Waals surface area contributed by atoms with Crippen molar-refractivity contribution in [2.45, 2.75) is 59.2 Å². The van der Waals surface area contributed by atoms with Crippen molar-refractivity contribution in [3.8, 4) is 5.75 Å². The van der Waals surface area contributed by atoms with Crippen LogP contribution >= 0.6 is 0 Å². The molecule has 10 nitrogen and oxygen atoms in total. The van der Waals surface area contributed by atoms with Crippen LogP contribution in [0.1, 0.15) is 48.0 Å². The van der Waals surface area contributed by atoms with Gasteiger partial charge in [-0.15, -0.1) is 4.99 Å². The number of ether oxygens (including phenoxy) is 3. The fourth-order valence-corrected chi connectivity index (χ4v) is 1.97. The number of benzene rings is 1. The number of nitrogens with one attached hydrogen (secondary N) is 2. The summed E-state index contributed by atoms with van der Waals surface area (Å²) in [4.78, 5) is 32.5. The fraction of sp³-hybridized carbons (Fsp3) is 0.550. The standard InChI is InChI=1S/C20H32N4O6/c1-19(2,3)29-17(25)23-16(24-18(26)30-20(4,5)6)22-14-8-10-15(11-9-14)27-12-7-13-28-21/h8-11H,7,12-13,21H2,1-6H3,(H2,22,23,24,25,26). The van der Waals surface area contributed by atoms with Gasteiger partial charge in [0, 0.05) is 12.1 Å². The molecule has 1 rings (SSSR count). The first-order valence-electron chi connectivity index (χ1n) is 9.51. The second-order valence-electron chi connectivity index (χ2n) is 8.29. The fourth-order valence-electron chi connectivity index (χ4n) is 1.97. The van der Waals surface area contributed by atoms with Crippen LogP contribution in [0.4, 0.5) is 15.3 Å². The Balaban J connectivity index is 2.86. The Hall–Kier alpha value is -2.85. The minimum absolute atomic E-state index is 0.132. The predicted molar refractivity (Wildman–Crippen MR) is 113 cm³/mol. The molecule has 168 valence electrons. The Labute approximate surface area is 177 Å². The number of rotatable bonds is 6. The molecule has 0 aliphatic carbocycles. The highest BCUT2D eigenvalue weighted by molar-refractivity contribution is 6.06. The summed E-state index contributed by atoms with van der Waals surface area (Å²) in [6.45, 7) is 11.2. The molecule has 0 unspecified atom stereocenters. The lowest BCUT2D eigenvalue weighted by molar-refractivity contribution is 0.0562. The molecule has 30 heavy (non-hydrogen) atoms. The van der Waals surface area contributed by atoms with Gasteiger partial charge in [0.15, 0.2) is 0 Å². The molecule has 0 saturated heterocycles. The molecule has 0 aliphatic rings. The molecule has 0 radical (unpaired) electrons. The van der Waals surface area contributed by atoms with E-state index in [1.807, 2.05) is 0 Å². The van der Waals surface area contributed by atoms with Gasteiger partial charge in [0.05, 0.1) is 13.2 Å². The summed E-state index contributed by atoms with van der Waals surface area (Å²) in [5.74, 6) is 5.47. The van der Waals surface area contributed by atoms with E-state index in [-0.39, 0.29) is 5.96 Å². The molecule has 0 aromatic heterocycles. The van der Waals surface area contributed by atoms with Crippen molar-refractivity contribution in [1.82, 2.24) is 5.32 Å². The van der Waals surface area contributed by atoms with Gasteiger partial charge in [-0.25, -0.2) is 15.5 Å². The Morgan fingerprint density at radius 3 is 2.10 bits per heavy atom. The average molecular weight is 424 g/mol. The smallest absolute Gasteiger partial charge is 0.437 e. The third-order valence-corrected chi connectivity index (χ3v) is 3.01. The van der Waals surface area contributed by atoms with Crippen molar-refractivity contribution < 1.29 is 28.6 Å². The van der Waals surface area contributed by atoms with Crippen LogP contribution in [-0.4, -0.2) is 42.6 Å². The number of hydrogen-bond acceptors (Lipinski definition) is 7. The first-order chi connectivity index (χ1) is 13.9. The number of aliphatic imine (C=N–C) groups is 1. The van der Waals surface area contributed by atoms with Gasteiger partial charge in [0.2, 0.25) is 5.96 Å². The minimum Gasteiger partial charge on any atom is -0.494 e. The van der Waals surface area contributed by atoms with E-state index in [0.29, 0.717) is 31.1 Å². The number of anilines is 1. The summed E-state index contributed by atoms with van der Waals surface area (Å²) >= 11 is 0. The van der Waals surface area contributed by atoms with Crippen molar-refractivity contribution in [2.75, 3.05) is 18.5 Å². The third-order valence-electron chi connectivity index (χ3n) is 3.01. The Morgan fingerprint density at radius 1 is 0.967 bits per heavy atom. The topological polar surface area (TPSA) is 134 Å². The summed E-state index contributed by atoms with van der Waals surface area (Å²) in [7, 11) is 0. The van der Waals surface area contributed by atoms with Crippen LogP contribution in [0.2, 0.25) is 0 Å². The maximum Gasteiger partial charge on any atom is 0.437 e. The Morgan fingerprint density at radius 2 is 1.57 bits per heavy atom. The molecule has 1 aromatic carbocycles. The van der Waals surface area contributed by atoms with Crippen LogP contribution in [0.15, 0.2) is 29.3 Å². The van der Waals surface area contributed by atoms with E-state index in [0.717, 1.165) is 0 Å². The van der Waals surface area contributed by atoms with Crippen LogP contribution in [0.5, 0.6) is 5.75 Å². The summed E-state index contributed by atoms with van der Waals surface area (Å²) < 4.78 is 15.9. The lowest BCUT2D eigenvalue weighted by Crippen LogP contribution is -2.40. The van der Waals surface area contributed by atoms with E-state index in [4.69, 9.17) is 20.1 Å². The number of alkyl carbamates (subject to hydrolysis) is 1. The van der Waals surface area contributed by atoms with E-state index in [2.05, 4.69) is 20.5 Å². The molecule has 0 aliphatic heterocycles. The number of amides is 2. The molecule has 0 saturated carbocycles. The first kappa shape index (κ1) is 25.2. The van der Waals surface area contributed by atoms with Crippen LogP contribution < -0.4 is 21.3 Å². The number of nitrogens with zero attached hydrogens (tertiary/aromatic N) is 1. The summed E-state index contributed by atoms with van der Waals surface area (Å²) in [5.41, 5.74) is -0.883. The number of nitrogens with two attached hydrogens (primary N) is 1. The zero-order valence-corrected chi connectivity index (χ0v) is 18.4. The largest absolute Gasteiger partial charge is 0.494 e. The van der Waals surface area contributed by atoms with E-state index < -0.39 is 23.4 Å². The van der Waals surface area contributed by atoms with E-state index in [9.17, 15) is 9.59 Å². The van der Waals surface area contributed by atoms with Gasteiger partial charge in [0.25, 0.3) is 0 Å². The maximum absolute atomic E-state index is 12.1. The second-order valence-corrected chi connectivity index (χ2v) is 8.29. The van der Waals surface area contributed by atoms with Gasteiger partial charge < -0.3 is 24.4 Å². The monoisotopic (exact) mass is 424 g/mol. The van der Waals surface area contributed by atoms with Gasteiger partial charge in [-0.05, 0) is 65.8 Å². The molecule has 1 aromatic rings. The van der Waals surface area contributed by atoms with E-state index in [1.165, 1.54) is 0 Å². The van der Waals surface area contributed by atoms with Gasteiger partial charge >= 0.3 is 12.2 Å².